The second-order valence-corrected chi connectivity index (χ2v) is 10.6. The van der Waals surface area contributed by atoms with Crippen LogP contribution in [0.1, 0.15) is 45.7 Å². The third kappa shape index (κ3) is 14.6. The largest absolute Gasteiger partial charge is 0.465 e. The van der Waals surface area contributed by atoms with Gasteiger partial charge in [0.2, 0.25) is 0 Å². The quantitative estimate of drug-likeness (QED) is 0.102. The molecule has 0 aliphatic carbocycles. The van der Waals surface area contributed by atoms with E-state index < -0.39 is 34.1 Å². The first-order valence-electron chi connectivity index (χ1n) is 12.9. The maximum Gasteiger partial charge on any atom is 0.411 e. The van der Waals surface area contributed by atoms with Crippen molar-refractivity contribution < 1.29 is 38.4 Å². The number of benzene rings is 2. The molecule has 0 fully saturated rings. The van der Waals surface area contributed by atoms with Crippen molar-refractivity contribution >= 4 is 52.6 Å². The van der Waals surface area contributed by atoms with E-state index in [1.54, 1.807) is 33.8 Å². The fraction of sp³-hybridized carbons (Fsp3) is 0.444. The first kappa shape index (κ1) is 37.0. The molecule has 0 aliphatic rings. The van der Waals surface area contributed by atoms with Gasteiger partial charge in [0.25, 0.3) is 11.4 Å². The number of carbonyl (C=O) groups is 3. The molecule has 0 heterocycles. The molecular formula is C27H34Cl2N4O10. The number of carbonyl (C=O) groups excluding carboxylic acids is 3. The highest BCUT2D eigenvalue weighted by atomic mass is 35.5. The number of esters is 2. The molecule has 1 N–H and O–H groups in total. The van der Waals surface area contributed by atoms with Crippen molar-refractivity contribution in [3.63, 3.8) is 0 Å². The van der Waals surface area contributed by atoms with Gasteiger partial charge in [-0.05, 0) is 52.0 Å². The Balaban J connectivity index is 0.000000453. The predicted octanol–water partition coefficient (Wildman–Crippen LogP) is 5.45. The van der Waals surface area contributed by atoms with E-state index in [0.29, 0.717) is 17.1 Å². The fourth-order valence-electron chi connectivity index (χ4n) is 3.30. The monoisotopic (exact) mass is 644 g/mol. The summed E-state index contributed by atoms with van der Waals surface area (Å²) in [6, 6.07) is 8.38. The number of amides is 1. The summed E-state index contributed by atoms with van der Waals surface area (Å²) in [5.41, 5.74) is -0.297. The summed E-state index contributed by atoms with van der Waals surface area (Å²) in [4.78, 5) is 56.6. The zero-order valence-corrected chi connectivity index (χ0v) is 25.9. The zero-order chi connectivity index (χ0) is 32.7. The third-order valence-electron chi connectivity index (χ3n) is 5.01. The highest BCUT2D eigenvalue weighted by Crippen LogP contribution is 2.25. The Morgan fingerprint density at radius 2 is 1.47 bits per heavy atom. The van der Waals surface area contributed by atoms with E-state index in [1.165, 1.54) is 37.3 Å². The van der Waals surface area contributed by atoms with Gasteiger partial charge in [0, 0.05) is 47.8 Å². The maximum atomic E-state index is 12.4. The number of nitro groups is 2. The maximum absolute atomic E-state index is 12.4. The van der Waals surface area contributed by atoms with Gasteiger partial charge in [-0.2, -0.15) is 0 Å². The molecule has 43 heavy (non-hydrogen) atoms. The third-order valence-corrected chi connectivity index (χ3v) is 5.48. The van der Waals surface area contributed by atoms with Crippen LogP contribution in [0.15, 0.2) is 36.4 Å². The Kier molecular flexibility index (Phi) is 15.4. The van der Waals surface area contributed by atoms with Gasteiger partial charge < -0.3 is 19.5 Å². The van der Waals surface area contributed by atoms with Crippen molar-refractivity contribution in [3.8, 4) is 0 Å². The average Bonchev–Trinajstić information content (AvgIpc) is 2.87. The number of nitrogens with zero attached hydrogens (tertiary/aromatic N) is 3. The Hall–Kier alpha value is -4.01. The number of rotatable bonds is 12. The standard InChI is InChI=1S/C16H21ClN2O6.C11H13ClN2O4/c1-5-24-14(20)10-18(15(21)25-16(2,3)4)9-11-8-12(17)6-7-13(11)19(22)23;1-8(15)18-5-4-13-7-9-6-10(12)2-3-11(9)14(16)17/h6-8H,5,9-10H2,1-4H3;2-3,6,13H,4-5,7H2,1H3. The zero-order valence-electron chi connectivity index (χ0n) is 24.4. The van der Waals surface area contributed by atoms with Crippen molar-refractivity contribution in [2.75, 3.05) is 26.3 Å². The summed E-state index contributed by atoms with van der Waals surface area (Å²) in [7, 11) is 0. The Bertz CT molecular complexity index is 1300. The summed E-state index contributed by atoms with van der Waals surface area (Å²) in [6.45, 7) is 8.46. The van der Waals surface area contributed by atoms with Crippen molar-refractivity contribution in [1.29, 1.82) is 0 Å². The molecule has 2 aromatic carbocycles. The number of halogens is 2. The Morgan fingerprint density at radius 1 is 0.930 bits per heavy atom. The first-order chi connectivity index (χ1) is 20.0. The lowest BCUT2D eigenvalue weighted by Gasteiger charge is -2.26. The summed E-state index contributed by atoms with van der Waals surface area (Å²) < 4.78 is 14.8. The van der Waals surface area contributed by atoms with Gasteiger partial charge >= 0.3 is 18.0 Å². The molecule has 0 bridgehead atoms. The van der Waals surface area contributed by atoms with E-state index in [1.807, 2.05) is 0 Å². The summed E-state index contributed by atoms with van der Waals surface area (Å²) in [5.74, 6) is -0.997. The second kappa shape index (κ2) is 17.8. The molecule has 2 rings (SSSR count). The van der Waals surface area contributed by atoms with Gasteiger partial charge in [-0.3, -0.25) is 34.7 Å². The molecular weight excluding hydrogens is 611 g/mol. The van der Waals surface area contributed by atoms with Crippen LogP contribution >= 0.6 is 23.2 Å². The van der Waals surface area contributed by atoms with Crippen molar-refractivity contribution in [2.45, 2.75) is 53.3 Å². The van der Waals surface area contributed by atoms with Crippen LogP contribution in [0.25, 0.3) is 0 Å². The highest BCUT2D eigenvalue weighted by Gasteiger charge is 2.27. The van der Waals surface area contributed by atoms with E-state index in [9.17, 15) is 34.6 Å². The molecule has 1 amide bonds. The van der Waals surface area contributed by atoms with Crippen LogP contribution in [0.4, 0.5) is 16.2 Å². The summed E-state index contributed by atoms with van der Waals surface area (Å²) in [5, 5.41) is 25.6. The van der Waals surface area contributed by atoms with Crippen LogP contribution in [0.2, 0.25) is 10.0 Å². The van der Waals surface area contributed by atoms with E-state index in [0.717, 1.165) is 4.90 Å². The fourth-order valence-corrected chi connectivity index (χ4v) is 3.69. The lowest BCUT2D eigenvalue weighted by molar-refractivity contribution is -0.385. The van der Waals surface area contributed by atoms with Crippen molar-refractivity contribution in [2.24, 2.45) is 0 Å². The Labute approximate surface area is 258 Å². The molecule has 2 aromatic rings. The van der Waals surface area contributed by atoms with E-state index >= 15 is 0 Å². The van der Waals surface area contributed by atoms with Crippen LogP contribution in [-0.4, -0.2) is 64.7 Å². The molecule has 0 unspecified atom stereocenters. The van der Waals surface area contributed by atoms with E-state index in [2.05, 4.69) is 5.32 Å². The van der Waals surface area contributed by atoms with Crippen LogP contribution in [-0.2, 0) is 36.9 Å². The lowest BCUT2D eigenvalue weighted by atomic mass is 10.1. The predicted molar refractivity (Wildman–Crippen MR) is 158 cm³/mol. The average molecular weight is 645 g/mol. The van der Waals surface area contributed by atoms with E-state index in [4.69, 9.17) is 37.4 Å². The molecule has 0 saturated heterocycles. The minimum atomic E-state index is -0.787. The van der Waals surface area contributed by atoms with Crippen LogP contribution in [0, 0.1) is 20.2 Å². The number of hydrogen-bond donors (Lipinski definition) is 1. The van der Waals surface area contributed by atoms with Crippen LogP contribution < -0.4 is 5.32 Å². The van der Waals surface area contributed by atoms with Gasteiger partial charge in [0.1, 0.15) is 18.8 Å². The van der Waals surface area contributed by atoms with Gasteiger partial charge in [0.05, 0.1) is 28.6 Å². The van der Waals surface area contributed by atoms with Crippen LogP contribution in [0.5, 0.6) is 0 Å². The topological polar surface area (TPSA) is 180 Å². The number of hydrogen-bond acceptors (Lipinski definition) is 11. The molecule has 0 aliphatic heterocycles. The minimum Gasteiger partial charge on any atom is -0.465 e. The molecule has 0 spiro atoms. The molecule has 16 heteroatoms. The van der Waals surface area contributed by atoms with Gasteiger partial charge in [-0.1, -0.05) is 23.2 Å². The lowest BCUT2D eigenvalue weighted by Crippen LogP contribution is -2.40. The number of nitrogens with one attached hydrogen (secondary N) is 1. The number of nitro benzene ring substituents is 2. The smallest absolute Gasteiger partial charge is 0.411 e. The summed E-state index contributed by atoms with van der Waals surface area (Å²) in [6.07, 6.45) is -0.783. The molecule has 0 atom stereocenters. The Morgan fingerprint density at radius 3 is 1.95 bits per heavy atom. The van der Waals surface area contributed by atoms with Crippen molar-refractivity contribution in [3.05, 3.63) is 77.8 Å². The number of ether oxygens (including phenoxy) is 3. The van der Waals surface area contributed by atoms with E-state index in [-0.39, 0.29) is 54.2 Å². The van der Waals surface area contributed by atoms with Gasteiger partial charge in [0.15, 0.2) is 0 Å². The SMILES string of the molecule is CC(=O)OCCNCc1cc(Cl)ccc1[N+](=O)[O-].CCOC(=O)CN(Cc1cc(Cl)ccc1[N+](=O)[O-])C(=O)OC(C)(C)C. The summed E-state index contributed by atoms with van der Waals surface area (Å²) >= 11 is 11.7. The molecule has 236 valence electrons. The normalized spacial score (nSPS) is 10.6. The molecule has 14 nitrogen and oxygen atoms in total. The van der Waals surface area contributed by atoms with Crippen molar-refractivity contribution in [1.82, 2.24) is 10.2 Å². The van der Waals surface area contributed by atoms with Gasteiger partial charge in [-0.25, -0.2) is 4.79 Å². The minimum absolute atomic E-state index is 0.0133. The highest BCUT2D eigenvalue weighted by molar-refractivity contribution is 6.31. The first-order valence-corrected chi connectivity index (χ1v) is 13.6. The van der Waals surface area contributed by atoms with Crippen LogP contribution in [0.3, 0.4) is 0 Å². The second-order valence-electron chi connectivity index (χ2n) is 9.72. The van der Waals surface area contributed by atoms with Gasteiger partial charge in [-0.15, -0.1) is 0 Å². The molecule has 0 saturated carbocycles. The molecule has 0 radical (unpaired) electrons. The molecule has 0 aromatic heterocycles.